The minimum absolute atomic E-state index is 0.388. The van der Waals surface area contributed by atoms with Gasteiger partial charge in [-0.15, -0.1) is 0 Å². The first-order valence-electron chi connectivity index (χ1n) is 4.74. The molecule has 0 unspecified atom stereocenters. The number of amides is 1. The molecule has 0 aliphatic carbocycles. The normalized spacial score (nSPS) is 16.8. The van der Waals surface area contributed by atoms with Crippen LogP contribution in [0.25, 0.3) is 0 Å². The van der Waals surface area contributed by atoms with Crippen molar-refractivity contribution in [2.24, 2.45) is 5.10 Å². The van der Waals surface area contributed by atoms with E-state index in [1.807, 2.05) is 12.1 Å². The van der Waals surface area contributed by atoms with E-state index >= 15 is 0 Å². The van der Waals surface area contributed by atoms with E-state index in [1.165, 1.54) is 5.01 Å². The van der Waals surface area contributed by atoms with Crippen LogP contribution < -0.4 is 0 Å². The second-order valence-electron chi connectivity index (χ2n) is 3.12. The van der Waals surface area contributed by atoms with Gasteiger partial charge in [-0.05, 0) is 6.07 Å². The lowest BCUT2D eigenvalue weighted by Crippen LogP contribution is -2.33. The molecule has 2 rings (SSSR count). The van der Waals surface area contributed by atoms with Crippen LogP contribution in [-0.4, -0.2) is 35.5 Å². The monoisotopic (exact) mass is 205 g/mol. The molecule has 0 spiro atoms. The number of aromatic nitrogens is 1. The number of nitrogens with zero attached hydrogens (tertiary/aromatic N) is 3. The SMILES string of the molecule is O=C1OCCCN1/N=C/c1cccnc1. The van der Waals surface area contributed by atoms with E-state index in [1.54, 1.807) is 18.6 Å². The quantitative estimate of drug-likeness (QED) is 0.683. The minimum Gasteiger partial charge on any atom is -0.448 e. The van der Waals surface area contributed by atoms with Gasteiger partial charge in [-0.3, -0.25) is 4.98 Å². The predicted molar refractivity (Wildman–Crippen MR) is 54.5 cm³/mol. The van der Waals surface area contributed by atoms with Gasteiger partial charge in [0, 0.05) is 24.4 Å². The Morgan fingerprint density at radius 2 is 2.53 bits per heavy atom. The topological polar surface area (TPSA) is 54.8 Å². The first-order valence-corrected chi connectivity index (χ1v) is 4.74. The Morgan fingerprint density at radius 1 is 1.60 bits per heavy atom. The number of carbonyl (C=O) groups excluding carboxylic acids is 1. The molecule has 0 radical (unpaired) electrons. The molecule has 2 heterocycles. The molecule has 1 fully saturated rings. The molecule has 5 nitrogen and oxygen atoms in total. The van der Waals surface area contributed by atoms with Crippen molar-refractivity contribution in [3.05, 3.63) is 30.1 Å². The maximum atomic E-state index is 11.2. The first-order chi connectivity index (χ1) is 7.36. The molecule has 0 atom stereocenters. The van der Waals surface area contributed by atoms with Gasteiger partial charge in [0.05, 0.1) is 19.4 Å². The summed E-state index contributed by atoms with van der Waals surface area (Å²) in [5.41, 5.74) is 0.857. The van der Waals surface area contributed by atoms with Crippen LogP contribution in [0.2, 0.25) is 0 Å². The molecular weight excluding hydrogens is 194 g/mol. The van der Waals surface area contributed by atoms with Gasteiger partial charge in [-0.25, -0.2) is 4.79 Å². The van der Waals surface area contributed by atoms with Crippen LogP contribution in [0.5, 0.6) is 0 Å². The number of pyridine rings is 1. The highest BCUT2D eigenvalue weighted by atomic mass is 16.6. The van der Waals surface area contributed by atoms with Crippen molar-refractivity contribution in [3.63, 3.8) is 0 Å². The molecule has 1 aromatic rings. The number of ether oxygens (including phenoxy) is 1. The summed E-state index contributed by atoms with van der Waals surface area (Å²) in [5.74, 6) is 0. The molecule has 1 aliphatic rings. The summed E-state index contributed by atoms with van der Waals surface area (Å²) in [6, 6.07) is 3.68. The Balaban J connectivity index is 2.01. The highest BCUT2D eigenvalue weighted by Crippen LogP contribution is 2.04. The van der Waals surface area contributed by atoms with Crippen molar-refractivity contribution in [2.45, 2.75) is 6.42 Å². The highest BCUT2D eigenvalue weighted by molar-refractivity contribution is 5.80. The summed E-state index contributed by atoms with van der Waals surface area (Å²) in [6.45, 7) is 1.09. The first kappa shape index (κ1) is 9.64. The highest BCUT2D eigenvalue weighted by Gasteiger charge is 2.17. The summed E-state index contributed by atoms with van der Waals surface area (Å²) in [6.07, 6.45) is 5.39. The van der Waals surface area contributed by atoms with Crippen molar-refractivity contribution >= 4 is 12.3 Å². The van der Waals surface area contributed by atoms with Crippen LogP contribution in [0.3, 0.4) is 0 Å². The largest absolute Gasteiger partial charge is 0.448 e. The third kappa shape index (κ3) is 2.52. The lowest BCUT2D eigenvalue weighted by atomic mass is 10.3. The smallest absolute Gasteiger partial charge is 0.430 e. The van der Waals surface area contributed by atoms with Gasteiger partial charge >= 0.3 is 6.09 Å². The summed E-state index contributed by atoms with van der Waals surface area (Å²) >= 11 is 0. The van der Waals surface area contributed by atoms with E-state index in [0.717, 1.165) is 12.0 Å². The van der Waals surface area contributed by atoms with Gasteiger partial charge in [-0.2, -0.15) is 10.1 Å². The van der Waals surface area contributed by atoms with Crippen LogP contribution in [0, 0.1) is 0 Å². The minimum atomic E-state index is -0.388. The van der Waals surface area contributed by atoms with E-state index in [4.69, 9.17) is 4.74 Å². The number of hydrogen-bond acceptors (Lipinski definition) is 4. The average Bonchev–Trinajstić information content (AvgIpc) is 2.29. The predicted octanol–water partition coefficient (Wildman–Crippen LogP) is 1.26. The maximum absolute atomic E-state index is 11.2. The van der Waals surface area contributed by atoms with Crippen LogP contribution in [-0.2, 0) is 4.74 Å². The summed E-state index contributed by atoms with van der Waals surface area (Å²) in [4.78, 5) is 15.1. The maximum Gasteiger partial charge on any atom is 0.430 e. The van der Waals surface area contributed by atoms with Crippen molar-refractivity contribution in [1.82, 2.24) is 9.99 Å². The molecule has 5 heteroatoms. The van der Waals surface area contributed by atoms with Crippen molar-refractivity contribution in [3.8, 4) is 0 Å². The molecule has 15 heavy (non-hydrogen) atoms. The zero-order chi connectivity index (χ0) is 10.5. The van der Waals surface area contributed by atoms with Gasteiger partial charge in [-0.1, -0.05) is 6.07 Å². The van der Waals surface area contributed by atoms with Crippen LogP contribution in [0.15, 0.2) is 29.6 Å². The van der Waals surface area contributed by atoms with E-state index in [0.29, 0.717) is 13.2 Å². The fourth-order valence-corrected chi connectivity index (χ4v) is 1.23. The lowest BCUT2D eigenvalue weighted by molar-refractivity contribution is 0.0746. The Morgan fingerprint density at radius 3 is 3.27 bits per heavy atom. The summed E-state index contributed by atoms with van der Waals surface area (Å²) < 4.78 is 4.84. The van der Waals surface area contributed by atoms with Crippen LogP contribution in [0.1, 0.15) is 12.0 Å². The molecule has 0 N–H and O–H groups in total. The molecule has 0 saturated carbocycles. The van der Waals surface area contributed by atoms with Crippen LogP contribution in [0.4, 0.5) is 4.79 Å². The Kier molecular flexibility index (Phi) is 2.92. The summed E-state index contributed by atoms with van der Waals surface area (Å²) in [5, 5.41) is 5.34. The standard InChI is InChI=1S/C10H11N3O2/c14-10-13(5-2-6-15-10)12-8-9-3-1-4-11-7-9/h1,3-4,7-8H,2,5-6H2/b12-8+. The Bertz CT molecular complexity index is 364. The van der Waals surface area contributed by atoms with Crippen LogP contribution >= 0.6 is 0 Å². The molecule has 1 amide bonds. The van der Waals surface area contributed by atoms with Crippen molar-refractivity contribution in [1.29, 1.82) is 0 Å². The van der Waals surface area contributed by atoms with E-state index in [-0.39, 0.29) is 6.09 Å². The number of rotatable bonds is 2. The van der Waals surface area contributed by atoms with Gasteiger partial charge in [0.1, 0.15) is 0 Å². The number of hydrogen-bond donors (Lipinski definition) is 0. The van der Waals surface area contributed by atoms with Crippen molar-refractivity contribution in [2.75, 3.05) is 13.2 Å². The third-order valence-corrected chi connectivity index (χ3v) is 1.98. The Labute approximate surface area is 87.4 Å². The van der Waals surface area contributed by atoms with E-state index in [9.17, 15) is 4.79 Å². The fourth-order valence-electron chi connectivity index (χ4n) is 1.23. The fraction of sp³-hybridized carbons (Fsp3) is 0.300. The number of cyclic esters (lactones) is 1. The second kappa shape index (κ2) is 4.54. The third-order valence-electron chi connectivity index (χ3n) is 1.98. The second-order valence-corrected chi connectivity index (χ2v) is 3.12. The zero-order valence-corrected chi connectivity index (χ0v) is 8.17. The summed E-state index contributed by atoms with van der Waals surface area (Å²) in [7, 11) is 0. The zero-order valence-electron chi connectivity index (χ0n) is 8.17. The van der Waals surface area contributed by atoms with Crippen molar-refractivity contribution < 1.29 is 9.53 Å². The van der Waals surface area contributed by atoms with Gasteiger partial charge < -0.3 is 4.74 Å². The average molecular weight is 205 g/mol. The molecule has 1 aliphatic heterocycles. The van der Waals surface area contributed by atoms with Gasteiger partial charge in [0.25, 0.3) is 0 Å². The molecule has 1 aromatic heterocycles. The lowest BCUT2D eigenvalue weighted by Gasteiger charge is -2.21. The molecule has 0 bridgehead atoms. The molecule has 78 valence electrons. The van der Waals surface area contributed by atoms with Gasteiger partial charge in [0.15, 0.2) is 0 Å². The number of hydrazone groups is 1. The number of carbonyl (C=O) groups is 1. The van der Waals surface area contributed by atoms with E-state index < -0.39 is 0 Å². The van der Waals surface area contributed by atoms with Gasteiger partial charge in [0.2, 0.25) is 0 Å². The molecule has 0 aromatic carbocycles. The molecular formula is C10H11N3O2. The molecule has 1 saturated heterocycles. The van der Waals surface area contributed by atoms with E-state index in [2.05, 4.69) is 10.1 Å². The Hall–Kier alpha value is -1.91.